The second-order valence-electron chi connectivity index (χ2n) is 4.57. The van der Waals surface area contributed by atoms with Crippen LogP contribution in [0.3, 0.4) is 0 Å². The zero-order valence-corrected chi connectivity index (χ0v) is 10.6. The number of hydrogen-bond acceptors (Lipinski definition) is 2. The van der Waals surface area contributed by atoms with Crippen LogP contribution < -0.4 is 0 Å². The van der Waals surface area contributed by atoms with Gasteiger partial charge in [0.2, 0.25) is 0 Å². The van der Waals surface area contributed by atoms with Gasteiger partial charge in [-0.05, 0) is 43.5 Å². The van der Waals surface area contributed by atoms with Crippen molar-refractivity contribution in [1.82, 2.24) is 4.57 Å². The summed E-state index contributed by atoms with van der Waals surface area (Å²) in [6.45, 7) is 4.68. The molecule has 2 aromatic rings. The predicted molar refractivity (Wildman–Crippen MR) is 70.1 cm³/mol. The van der Waals surface area contributed by atoms with E-state index in [1.807, 2.05) is 26.1 Å². The molecule has 4 heteroatoms. The Bertz CT molecular complexity index is 599. The van der Waals surface area contributed by atoms with Crippen LogP contribution in [0.1, 0.15) is 27.9 Å². The minimum absolute atomic E-state index is 0.158. The molecule has 0 saturated carbocycles. The third kappa shape index (κ3) is 2.11. The van der Waals surface area contributed by atoms with Gasteiger partial charge in [-0.3, -0.25) is 0 Å². The van der Waals surface area contributed by atoms with E-state index in [2.05, 4.69) is 4.57 Å². The number of aromatic nitrogens is 1. The molecule has 0 aliphatic carbocycles. The molecule has 2 rings (SSSR count). The zero-order chi connectivity index (χ0) is 13.3. The minimum Gasteiger partial charge on any atom is -0.478 e. The van der Waals surface area contributed by atoms with Gasteiger partial charge in [-0.15, -0.1) is 0 Å². The number of fused-ring (bicyclic) bond motifs is 1. The molecule has 0 spiro atoms. The summed E-state index contributed by atoms with van der Waals surface area (Å²) in [5, 5.41) is 19.0. The Hall–Kier alpha value is -1.81. The van der Waals surface area contributed by atoms with Gasteiger partial charge in [-0.1, -0.05) is 0 Å². The summed E-state index contributed by atoms with van der Waals surface area (Å²) in [6, 6.07) is 3.64. The van der Waals surface area contributed by atoms with Crippen LogP contribution in [-0.2, 0) is 6.54 Å². The Morgan fingerprint density at radius 2 is 2.00 bits per heavy atom. The highest BCUT2D eigenvalue weighted by Crippen LogP contribution is 2.25. The normalized spacial score (nSPS) is 11.1. The summed E-state index contributed by atoms with van der Waals surface area (Å²) < 4.78 is 2.07. The van der Waals surface area contributed by atoms with Gasteiger partial charge in [0.05, 0.1) is 5.56 Å². The molecule has 1 aromatic heterocycles. The van der Waals surface area contributed by atoms with Crippen molar-refractivity contribution in [3.63, 3.8) is 0 Å². The third-order valence-corrected chi connectivity index (χ3v) is 3.21. The van der Waals surface area contributed by atoms with Crippen LogP contribution in [0, 0.1) is 13.8 Å². The number of aliphatic hydroxyl groups excluding tert-OH is 1. The fourth-order valence-electron chi connectivity index (χ4n) is 2.28. The van der Waals surface area contributed by atoms with E-state index in [9.17, 15) is 4.79 Å². The number of aryl methyl sites for hydroxylation is 3. The first kappa shape index (κ1) is 12.6. The van der Waals surface area contributed by atoms with Gasteiger partial charge in [0.25, 0.3) is 0 Å². The van der Waals surface area contributed by atoms with Crippen molar-refractivity contribution in [1.29, 1.82) is 0 Å². The van der Waals surface area contributed by atoms with Crippen molar-refractivity contribution < 1.29 is 15.0 Å². The van der Waals surface area contributed by atoms with E-state index >= 15 is 0 Å². The summed E-state index contributed by atoms with van der Waals surface area (Å²) in [7, 11) is 0. The molecule has 4 nitrogen and oxygen atoms in total. The molecule has 96 valence electrons. The Morgan fingerprint density at radius 1 is 1.28 bits per heavy atom. The fraction of sp³-hybridized carbons (Fsp3) is 0.357. The van der Waals surface area contributed by atoms with Gasteiger partial charge in [0, 0.05) is 30.3 Å². The molecule has 0 bridgehead atoms. The van der Waals surface area contributed by atoms with E-state index in [-0.39, 0.29) is 6.61 Å². The first-order valence-corrected chi connectivity index (χ1v) is 5.99. The van der Waals surface area contributed by atoms with Gasteiger partial charge in [-0.25, -0.2) is 4.79 Å². The van der Waals surface area contributed by atoms with Crippen LogP contribution in [0.15, 0.2) is 18.3 Å². The Balaban J connectivity index is 2.59. The molecule has 0 saturated heterocycles. The number of carbonyl (C=O) groups is 1. The number of carboxylic acids is 1. The molecule has 0 atom stereocenters. The van der Waals surface area contributed by atoms with Gasteiger partial charge >= 0.3 is 5.97 Å². The second kappa shape index (κ2) is 4.82. The standard InChI is InChI=1S/C14H17NO3/c1-9-6-13-11(7-12(9)14(17)18)10(2)8-15(13)4-3-5-16/h6-8,16H,3-5H2,1-2H3,(H,17,18). The average molecular weight is 247 g/mol. The van der Waals surface area contributed by atoms with Crippen molar-refractivity contribution in [2.24, 2.45) is 0 Å². The maximum absolute atomic E-state index is 11.1. The lowest BCUT2D eigenvalue weighted by Gasteiger charge is -2.06. The van der Waals surface area contributed by atoms with Crippen molar-refractivity contribution in [2.45, 2.75) is 26.8 Å². The molecule has 0 radical (unpaired) electrons. The van der Waals surface area contributed by atoms with E-state index < -0.39 is 5.97 Å². The molecule has 2 N–H and O–H groups in total. The van der Waals surface area contributed by atoms with Crippen LogP contribution in [0.5, 0.6) is 0 Å². The maximum atomic E-state index is 11.1. The molecule has 0 aliphatic rings. The molecular formula is C14H17NO3. The van der Waals surface area contributed by atoms with Gasteiger partial charge < -0.3 is 14.8 Å². The van der Waals surface area contributed by atoms with Crippen molar-refractivity contribution in [3.05, 3.63) is 35.0 Å². The first-order valence-electron chi connectivity index (χ1n) is 5.99. The number of carboxylic acid groups (broad SMARTS) is 1. The number of aliphatic hydroxyl groups is 1. The van der Waals surface area contributed by atoms with E-state index in [1.54, 1.807) is 6.07 Å². The van der Waals surface area contributed by atoms with Crippen LogP contribution in [0.25, 0.3) is 10.9 Å². The molecule has 0 amide bonds. The number of benzene rings is 1. The van der Waals surface area contributed by atoms with E-state index in [4.69, 9.17) is 10.2 Å². The number of aromatic carboxylic acids is 1. The predicted octanol–water partition coefficient (Wildman–Crippen LogP) is 2.34. The summed E-state index contributed by atoms with van der Waals surface area (Å²) in [5.74, 6) is -0.892. The lowest BCUT2D eigenvalue weighted by molar-refractivity contribution is 0.0696. The molecule has 0 aliphatic heterocycles. The van der Waals surface area contributed by atoms with E-state index in [0.717, 1.165) is 28.6 Å². The van der Waals surface area contributed by atoms with Gasteiger partial charge in [-0.2, -0.15) is 0 Å². The Morgan fingerprint density at radius 3 is 2.61 bits per heavy atom. The summed E-state index contributed by atoms with van der Waals surface area (Å²) in [4.78, 5) is 11.1. The van der Waals surface area contributed by atoms with Crippen molar-refractivity contribution in [2.75, 3.05) is 6.61 Å². The Kier molecular flexibility index (Phi) is 3.39. The topological polar surface area (TPSA) is 62.5 Å². The molecule has 18 heavy (non-hydrogen) atoms. The van der Waals surface area contributed by atoms with Crippen LogP contribution in [0.2, 0.25) is 0 Å². The Labute approximate surface area is 105 Å². The van der Waals surface area contributed by atoms with Gasteiger partial charge in [0.1, 0.15) is 0 Å². The van der Waals surface area contributed by atoms with Crippen LogP contribution in [-0.4, -0.2) is 27.4 Å². The summed E-state index contributed by atoms with van der Waals surface area (Å²) in [5.41, 5.74) is 3.21. The number of rotatable bonds is 4. The smallest absolute Gasteiger partial charge is 0.335 e. The van der Waals surface area contributed by atoms with Gasteiger partial charge in [0.15, 0.2) is 0 Å². The minimum atomic E-state index is -0.892. The molecule has 1 aromatic carbocycles. The van der Waals surface area contributed by atoms with Crippen molar-refractivity contribution >= 4 is 16.9 Å². The average Bonchev–Trinajstić information content (AvgIpc) is 2.62. The molecular weight excluding hydrogens is 230 g/mol. The molecule has 0 unspecified atom stereocenters. The summed E-state index contributed by atoms with van der Waals surface area (Å²) >= 11 is 0. The highest BCUT2D eigenvalue weighted by molar-refractivity contribution is 5.96. The zero-order valence-electron chi connectivity index (χ0n) is 10.6. The number of hydrogen-bond donors (Lipinski definition) is 2. The highest BCUT2D eigenvalue weighted by atomic mass is 16.4. The van der Waals surface area contributed by atoms with Crippen LogP contribution >= 0.6 is 0 Å². The van der Waals surface area contributed by atoms with E-state index in [1.165, 1.54) is 0 Å². The monoisotopic (exact) mass is 247 g/mol. The lowest BCUT2D eigenvalue weighted by atomic mass is 10.0. The van der Waals surface area contributed by atoms with Crippen molar-refractivity contribution in [3.8, 4) is 0 Å². The van der Waals surface area contributed by atoms with E-state index in [0.29, 0.717) is 12.0 Å². The third-order valence-electron chi connectivity index (χ3n) is 3.21. The quantitative estimate of drug-likeness (QED) is 0.871. The fourth-order valence-corrected chi connectivity index (χ4v) is 2.28. The largest absolute Gasteiger partial charge is 0.478 e. The molecule has 1 heterocycles. The van der Waals surface area contributed by atoms with Crippen LogP contribution in [0.4, 0.5) is 0 Å². The molecule has 0 fully saturated rings. The summed E-state index contributed by atoms with van der Waals surface area (Å²) in [6.07, 6.45) is 2.70. The number of nitrogens with zero attached hydrogens (tertiary/aromatic N) is 1. The lowest BCUT2D eigenvalue weighted by Crippen LogP contribution is -2.01. The second-order valence-corrected chi connectivity index (χ2v) is 4.57. The maximum Gasteiger partial charge on any atom is 0.335 e. The first-order chi connectivity index (χ1) is 8.54. The SMILES string of the molecule is Cc1cc2c(cc1C(=O)O)c(C)cn2CCCO. The highest BCUT2D eigenvalue weighted by Gasteiger charge is 2.12.